The Morgan fingerprint density at radius 2 is 2.06 bits per heavy atom. The summed E-state index contributed by atoms with van der Waals surface area (Å²) >= 11 is 0. The molecule has 0 saturated carbocycles. The summed E-state index contributed by atoms with van der Waals surface area (Å²) in [7, 11) is 1.71. The molecule has 0 saturated heterocycles. The quantitative estimate of drug-likeness (QED) is 0.773. The fourth-order valence-electron chi connectivity index (χ4n) is 2.06. The number of ether oxygens (including phenoxy) is 1. The molecule has 1 atom stereocenters. The Kier molecular flexibility index (Phi) is 6.19. The van der Waals surface area contributed by atoms with Crippen molar-refractivity contribution in [3.05, 3.63) is 11.9 Å². The van der Waals surface area contributed by atoms with Gasteiger partial charge in [-0.15, -0.1) is 0 Å². The van der Waals surface area contributed by atoms with E-state index in [2.05, 4.69) is 38.1 Å². The van der Waals surface area contributed by atoms with E-state index < -0.39 is 0 Å². The van der Waals surface area contributed by atoms with Gasteiger partial charge in [-0.2, -0.15) is 5.10 Å². The minimum Gasteiger partial charge on any atom is -0.493 e. The molecule has 0 aliphatic carbocycles. The zero-order chi connectivity index (χ0) is 13.5. The molecule has 0 aliphatic heterocycles. The number of hydrogen-bond donors (Lipinski definition) is 1. The molecule has 0 radical (unpaired) electrons. The number of nitrogens with zero attached hydrogens (tertiary/aromatic N) is 2. The lowest BCUT2D eigenvalue weighted by Crippen LogP contribution is -2.26. The molecule has 1 heterocycles. The van der Waals surface area contributed by atoms with Crippen LogP contribution in [-0.2, 0) is 13.0 Å². The highest BCUT2D eigenvalue weighted by molar-refractivity contribution is 5.25. The Morgan fingerprint density at radius 3 is 2.61 bits per heavy atom. The van der Waals surface area contributed by atoms with Gasteiger partial charge in [0.25, 0.3) is 0 Å². The lowest BCUT2D eigenvalue weighted by Gasteiger charge is -2.15. The van der Waals surface area contributed by atoms with Gasteiger partial charge in [-0.1, -0.05) is 20.8 Å². The zero-order valence-corrected chi connectivity index (χ0v) is 12.4. The Balaban J connectivity index is 2.52. The molecule has 1 aromatic heterocycles. The van der Waals surface area contributed by atoms with Crippen molar-refractivity contribution < 1.29 is 4.74 Å². The number of aromatic nitrogens is 2. The van der Waals surface area contributed by atoms with Crippen molar-refractivity contribution >= 4 is 0 Å². The first-order chi connectivity index (χ1) is 8.58. The van der Waals surface area contributed by atoms with Crippen LogP contribution in [0.3, 0.4) is 0 Å². The third-order valence-corrected chi connectivity index (χ3v) is 3.02. The minimum atomic E-state index is 0.583. The molecule has 1 N–H and O–H groups in total. The Morgan fingerprint density at radius 1 is 1.33 bits per heavy atom. The lowest BCUT2D eigenvalue weighted by atomic mass is 10.0. The van der Waals surface area contributed by atoms with Crippen molar-refractivity contribution in [1.29, 1.82) is 0 Å². The molecule has 1 rings (SSSR count). The summed E-state index contributed by atoms with van der Waals surface area (Å²) in [6, 6.07) is 0. The number of rotatable bonds is 8. The maximum atomic E-state index is 5.37. The Hall–Kier alpha value is -1.03. The van der Waals surface area contributed by atoms with Crippen LogP contribution in [0.2, 0.25) is 0 Å². The average molecular weight is 253 g/mol. The summed E-state index contributed by atoms with van der Waals surface area (Å²) in [5, 5.41) is 7.84. The molecule has 0 aromatic carbocycles. The van der Waals surface area contributed by atoms with Crippen LogP contribution in [-0.4, -0.2) is 30.0 Å². The monoisotopic (exact) mass is 253 g/mol. The molecule has 104 valence electrons. The van der Waals surface area contributed by atoms with Crippen LogP contribution >= 0.6 is 0 Å². The van der Waals surface area contributed by atoms with Crippen LogP contribution in [0.1, 0.15) is 33.4 Å². The van der Waals surface area contributed by atoms with Crippen LogP contribution in [0.25, 0.3) is 0 Å². The zero-order valence-electron chi connectivity index (χ0n) is 12.4. The van der Waals surface area contributed by atoms with E-state index in [1.807, 2.05) is 10.9 Å². The summed E-state index contributed by atoms with van der Waals surface area (Å²) in [5.74, 6) is 2.19. The molecule has 18 heavy (non-hydrogen) atoms. The third-order valence-electron chi connectivity index (χ3n) is 3.02. The van der Waals surface area contributed by atoms with Gasteiger partial charge in [0.05, 0.1) is 19.0 Å². The first kappa shape index (κ1) is 15.0. The number of nitrogens with one attached hydrogen (secondary N) is 1. The van der Waals surface area contributed by atoms with E-state index in [1.165, 1.54) is 5.69 Å². The first-order valence-corrected chi connectivity index (χ1v) is 6.87. The first-order valence-electron chi connectivity index (χ1n) is 6.87. The van der Waals surface area contributed by atoms with E-state index in [0.717, 1.165) is 31.8 Å². The molecule has 4 heteroatoms. The van der Waals surface area contributed by atoms with Gasteiger partial charge >= 0.3 is 0 Å². The van der Waals surface area contributed by atoms with E-state index in [9.17, 15) is 0 Å². The maximum Gasteiger partial charge on any atom is 0.159 e. The predicted octanol–water partition coefficient (Wildman–Crippen LogP) is 2.34. The summed E-state index contributed by atoms with van der Waals surface area (Å²) in [6.45, 7) is 11.8. The SMILES string of the molecule is CCn1ncc(OC)c1CC(C)CNCC(C)C. The highest BCUT2D eigenvalue weighted by Gasteiger charge is 2.13. The molecule has 4 nitrogen and oxygen atoms in total. The largest absolute Gasteiger partial charge is 0.493 e. The fraction of sp³-hybridized carbons (Fsp3) is 0.786. The number of hydrogen-bond acceptors (Lipinski definition) is 3. The van der Waals surface area contributed by atoms with Gasteiger partial charge in [0.1, 0.15) is 0 Å². The highest BCUT2D eigenvalue weighted by Crippen LogP contribution is 2.20. The number of methoxy groups -OCH3 is 1. The van der Waals surface area contributed by atoms with Gasteiger partial charge in [0, 0.05) is 6.54 Å². The van der Waals surface area contributed by atoms with Crippen LogP contribution in [0.15, 0.2) is 6.20 Å². The lowest BCUT2D eigenvalue weighted by molar-refractivity contribution is 0.397. The van der Waals surface area contributed by atoms with Crippen LogP contribution < -0.4 is 10.1 Å². The van der Waals surface area contributed by atoms with Crippen molar-refractivity contribution in [1.82, 2.24) is 15.1 Å². The van der Waals surface area contributed by atoms with Crippen LogP contribution in [0.5, 0.6) is 5.75 Å². The van der Waals surface area contributed by atoms with E-state index >= 15 is 0 Å². The Bertz CT molecular complexity index is 325. The summed E-state index contributed by atoms with van der Waals surface area (Å²) in [4.78, 5) is 0. The predicted molar refractivity (Wildman–Crippen MR) is 75.0 cm³/mol. The molecule has 0 spiro atoms. The van der Waals surface area contributed by atoms with Gasteiger partial charge in [0.15, 0.2) is 5.75 Å². The van der Waals surface area contributed by atoms with E-state index in [-0.39, 0.29) is 0 Å². The van der Waals surface area contributed by atoms with Crippen molar-refractivity contribution in [3.63, 3.8) is 0 Å². The molecule has 1 unspecified atom stereocenters. The highest BCUT2D eigenvalue weighted by atomic mass is 16.5. The van der Waals surface area contributed by atoms with Gasteiger partial charge in [0.2, 0.25) is 0 Å². The standard InChI is InChI=1S/C14H27N3O/c1-6-17-13(14(18-5)10-16-17)7-12(4)9-15-8-11(2)3/h10-12,15H,6-9H2,1-5H3. The molecule has 0 bridgehead atoms. The van der Waals surface area contributed by atoms with Gasteiger partial charge in [-0.05, 0) is 38.3 Å². The van der Waals surface area contributed by atoms with Crippen molar-refractivity contribution in [3.8, 4) is 5.75 Å². The average Bonchev–Trinajstić information content (AvgIpc) is 2.70. The van der Waals surface area contributed by atoms with Gasteiger partial charge in [-0.25, -0.2) is 0 Å². The summed E-state index contributed by atoms with van der Waals surface area (Å²) in [5.41, 5.74) is 1.21. The second-order valence-electron chi connectivity index (χ2n) is 5.34. The Labute approximate surface area is 111 Å². The summed E-state index contributed by atoms with van der Waals surface area (Å²) in [6.07, 6.45) is 2.81. The summed E-state index contributed by atoms with van der Waals surface area (Å²) < 4.78 is 7.39. The van der Waals surface area contributed by atoms with Crippen molar-refractivity contribution in [2.75, 3.05) is 20.2 Å². The van der Waals surface area contributed by atoms with E-state index in [1.54, 1.807) is 7.11 Å². The third kappa shape index (κ3) is 4.33. The normalized spacial score (nSPS) is 13.0. The molecule has 0 aliphatic rings. The minimum absolute atomic E-state index is 0.583. The van der Waals surface area contributed by atoms with Gasteiger partial charge in [-0.3, -0.25) is 4.68 Å². The second kappa shape index (κ2) is 7.41. The van der Waals surface area contributed by atoms with E-state index in [0.29, 0.717) is 11.8 Å². The molecular weight excluding hydrogens is 226 g/mol. The van der Waals surface area contributed by atoms with Crippen LogP contribution in [0, 0.1) is 11.8 Å². The van der Waals surface area contributed by atoms with E-state index in [4.69, 9.17) is 4.74 Å². The number of aryl methyl sites for hydroxylation is 1. The molecule has 0 amide bonds. The molecule has 1 aromatic rings. The van der Waals surface area contributed by atoms with Crippen molar-refractivity contribution in [2.45, 2.75) is 40.7 Å². The topological polar surface area (TPSA) is 39.1 Å². The maximum absolute atomic E-state index is 5.37. The second-order valence-corrected chi connectivity index (χ2v) is 5.34. The van der Waals surface area contributed by atoms with Crippen molar-refractivity contribution in [2.24, 2.45) is 11.8 Å². The molecule has 0 fully saturated rings. The van der Waals surface area contributed by atoms with Gasteiger partial charge < -0.3 is 10.1 Å². The van der Waals surface area contributed by atoms with Crippen LogP contribution in [0.4, 0.5) is 0 Å². The fourth-order valence-corrected chi connectivity index (χ4v) is 2.06. The smallest absolute Gasteiger partial charge is 0.159 e. The molecular formula is C14H27N3O.